The third-order valence-corrected chi connectivity index (χ3v) is 1.52. The van der Waals surface area contributed by atoms with E-state index in [0.29, 0.717) is 0 Å². The second kappa shape index (κ2) is 1.97. The fourth-order valence-corrected chi connectivity index (χ4v) is 0.848. The maximum atomic E-state index is 10.7. The number of hydroxylamine groups is 2. The van der Waals surface area contributed by atoms with Crippen LogP contribution in [0.1, 0.15) is 13.8 Å². The van der Waals surface area contributed by atoms with E-state index in [-0.39, 0.29) is 12.1 Å². The minimum absolute atomic E-state index is 0.120. The van der Waals surface area contributed by atoms with Crippen LogP contribution in [0, 0.1) is 0 Å². The van der Waals surface area contributed by atoms with Gasteiger partial charge in [0.25, 0.3) is 0 Å². The van der Waals surface area contributed by atoms with Gasteiger partial charge in [-0.1, -0.05) is 0 Å². The smallest absolute Gasteiger partial charge is 0.240 e. The molecule has 2 N–H and O–H groups in total. The average Bonchev–Trinajstić information content (AvgIpc) is 1.98. The van der Waals surface area contributed by atoms with Crippen molar-refractivity contribution in [2.45, 2.75) is 26.1 Å². The summed E-state index contributed by atoms with van der Waals surface area (Å²) >= 11 is 0. The Morgan fingerprint density at radius 3 is 2.33 bits per heavy atom. The van der Waals surface area contributed by atoms with Gasteiger partial charge in [0.2, 0.25) is 5.91 Å². The van der Waals surface area contributed by atoms with Crippen LogP contribution in [0.4, 0.5) is 0 Å². The van der Waals surface area contributed by atoms with Gasteiger partial charge in [-0.3, -0.25) is 4.79 Å². The summed E-state index contributed by atoms with van der Waals surface area (Å²) in [6.07, 6.45) is -0.243. The Morgan fingerprint density at radius 2 is 2.22 bits per heavy atom. The van der Waals surface area contributed by atoms with Gasteiger partial charge in [-0.15, -0.1) is 0 Å². The van der Waals surface area contributed by atoms with Crippen molar-refractivity contribution in [3.05, 3.63) is 0 Å². The Kier molecular flexibility index (Phi) is 1.42. The van der Waals surface area contributed by atoms with Gasteiger partial charge in [0.15, 0.2) is 0 Å². The van der Waals surface area contributed by atoms with Crippen LogP contribution in [0.25, 0.3) is 0 Å². The Morgan fingerprint density at radius 1 is 1.67 bits per heavy atom. The van der Waals surface area contributed by atoms with Crippen LogP contribution in [0.5, 0.6) is 0 Å². The molecule has 9 heavy (non-hydrogen) atoms. The summed E-state index contributed by atoms with van der Waals surface area (Å²) in [5.74, 6) is -0.120. The molecule has 0 aliphatic carbocycles. The lowest BCUT2D eigenvalue weighted by atomic mass is 10.3. The van der Waals surface area contributed by atoms with Gasteiger partial charge >= 0.3 is 0 Å². The molecule has 4 nitrogen and oxygen atoms in total. The van der Waals surface area contributed by atoms with Crippen LogP contribution in [0.3, 0.4) is 0 Å². The quantitative estimate of drug-likeness (QED) is 0.466. The first-order valence-corrected chi connectivity index (χ1v) is 2.90. The van der Waals surface area contributed by atoms with Crippen LogP contribution in [-0.2, 0) is 4.79 Å². The largest absolute Gasteiger partial charge is 0.337 e. The average molecular weight is 130 g/mol. The van der Waals surface area contributed by atoms with Crippen LogP contribution < -0.4 is 5.32 Å². The molecule has 1 amide bonds. The third-order valence-electron chi connectivity index (χ3n) is 1.52. The first-order chi connectivity index (χ1) is 4.13. The number of rotatable bonds is 0. The standard InChI is InChI=1S/C5H10N2O2/c1-3-5(8)6-4(2)7(3)9/h3-4,9H,1-2H3,(H,6,8). The molecule has 52 valence electrons. The zero-order valence-electron chi connectivity index (χ0n) is 5.46. The highest BCUT2D eigenvalue weighted by molar-refractivity contribution is 5.83. The summed E-state index contributed by atoms with van der Waals surface area (Å²) in [6.45, 7) is 3.38. The Hall–Kier alpha value is -0.610. The number of amides is 1. The number of carbonyl (C=O) groups excluding carboxylic acids is 1. The third kappa shape index (κ3) is 0.906. The molecular formula is C5H10N2O2. The normalized spacial score (nSPS) is 37.0. The lowest BCUT2D eigenvalue weighted by molar-refractivity contribution is -0.140. The van der Waals surface area contributed by atoms with Gasteiger partial charge in [-0.2, -0.15) is 5.06 Å². The monoisotopic (exact) mass is 130 g/mol. The number of hydrogen-bond donors (Lipinski definition) is 2. The minimum Gasteiger partial charge on any atom is -0.337 e. The Labute approximate surface area is 53.4 Å². The molecule has 0 aromatic rings. The lowest BCUT2D eigenvalue weighted by Crippen LogP contribution is -2.32. The number of carbonyl (C=O) groups is 1. The fraction of sp³-hybridized carbons (Fsp3) is 0.800. The van der Waals surface area contributed by atoms with Crippen molar-refractivity contribution in [3.8, 4) is 0 Å². The molecule has 0 aromatic heterocycles. The zero-order valence-corrected chi connectivity index (χ0v) is 5.46. The van der Waals surface area contributed by atoms with E-state index in [9.17, 15) is 4.79 Å². The molecule has 2 unspecified atom stereocenters. The first kappa shape index (κ1) is 6.51. The molecule has 0 saturated carbocycles. The number of nitrogens with one attached hydrogen (secondary N) is 1. The highest BCUT2D eigenvalue weighted by atomic mass is 16.5. The molecule has 4 heteroatoms. The maximum Gasteiger partial charge on any atom is 0.240 e. The van der Waals surface area contributed by atoms with Gasteiger partial charge in [0.05, 0.1) is 0 Å². The molecule has 1 fully saturated rings. The van der Waals surface area contributed by atoms with E-state index in [0.717, 1.165) is 5.06 Å². The predicted octanol–water partition coefficient (Wildman–Crippen LogP) is -0.458. The second-order valence-corrected chi connectivity index (χ2v) is 2.24. The lowest BCUT2D eigenvalue weighted by Gasteiger charge is -2.13. The predicted molar refractivity (Wildman–Crippen MR) is 30.7 cm³/mol. The molecule has 0 radical (unpaired) electrons. The zero-order chi connectivity index (χ0) is 7.02. The van der Waals surface area contributed by atoms with E-state index in [1.807, 2.05) is 0 Å². The van der Waals surface area contributed by atoms with E-state index in [4.69, 9.17) is 5.21 Å². The summed E-state index contributed by atoms with van der Waals surface area (Å²) < 4.78 is 0. The second-order valence-electron chi connectivity index (χ2n) is 2.24. The van der Waals surface area contributed by atoms with Gasteiger partial charge in [0.1, 0.15) is 12.2 Å². The molecule has 1 rings (SSSR count). The summed E-state index contributed by atoms with van der Waals surface area (Å²) in [6, 6.07) is -0.403. The van der Waals surface area contributed by atoms with E-state index in [2.05, 4.69) is 5.32 Å². The first-order valence-electron chi connectivity index (χ1n) is 2.90. The fourth-order valence-electron chi connectivity index (χ4n) is 0.848. The number of hydrogen-bond acceptors (Lipinski definition) is 3. The van der Waals surface area contributed by atoms with Crippen molar-refractivity contribution in [1.82, 2.24) is 10.4 Å². The van der Waals surface area contributed by atoms with Crippen LogP contribution in [0.15, 0.2) is 0 Å². The maximum absolute atomic E-state index is 10.7. The van der Waals surface area contributed by atoms with Gasteiger partial charge in [0, 0.05) is 0 Å². The van der Waals surface area contributed by atoms with Crippen molar-refractivity contribution in [3.63, 3.8) is 0 Å². The highest BCUT2D eigenvalue weighted by Gasteiger charge is 2.32. The Balaban J connectivity index is 2.65. The summed E-state index contributed by atoms with van der Waals surface area (Å²) in [5, 5.41) is 12.5. The van der Waals surface area contributed by atoms with Gasteiger partial charge in [-0.25, -0.2) is 0 Å². The summed E-state index contributed by atoms with van der Waals surface area (Å²) in [5.41, 5.74) is 0. The molecule has 0 aromatic carbocycles. The highest BCUT2D eigenvalue weighted by Crippen LogP contribution is 2.06. The summed E-state index contributed by atoms with van der Waals surface area (Å²) in [4.78, 5) is 10.7. The van der Waals surface area contributed by atoms with E-state index in [1.165, 1.54) is 0 Å². The Bertz CT molecular complexity index is 137. The van der Waals surface area contributed by atoms with Crippen LogP contribution in [0.2, 0.25) is 0 Å². The van der Waals surface area contributed by atoms with E-state index < -0.39 is 6.04 Å². The minimum atomic E-state index is -0.403. The molecule has 1 aliphatic heterocycles. The summed E-state index contributed by atoms with van der Waals surface area (Å²) in [7, 11) is 0. The molecule has 1 aliphatic rings. The van der Waals surface area contributed by atoms with Crippen LogP contribution in [-0.4, -0.2) is 28.4 Å². The molecule has 1 saturated heterocycles. The van der Waals surface area contributed by atoms with Gasteiger partial charge < -0.3 is 10.5 Å². The SMILES string of the molecule is CC1NC(=O)C(C)N1O. The van der Waals surface area contributed by atoms with E-state index in [1.54, 1.807) is 13.8 Å². The number of nitrogens with zero attached hydrogens (tertiary/aromatic N) is 1. The van der Waals surface area contributed by atoms with Crippen molar-refractivity contribution in [2.75, 3.05) is 0 Å². The van der Waals surface area contributed by atoms with E-state index >= 15 is 0 Å². The molecule has 1 heterocycles. The molecule has 0 bridgehead atoms. The van der Waals surface area contributed by atoms with Crippen molar-refractivity contribution < 1.29 is 10.0 Å². The molecular weight excluding hydrogens is 120 g/mol. The van der Waals surface area contributed by atoms with Crippen LogP contribution >= 0.6 is 0 Å². The topological polar surface area (TPSA) is 52.6 Å². The molecule has 2 atom stereocenters. The van der Waals surface area contributed by atoms with Crippen molar-refractivity contribution in [1.29, 1.82) is 0 Å². The molecule has 0 spiro atoms. The van der Waals surface area contributed by atoms with Gasteiger partial charge in [-0.05, 0) is 13.8 Å². The van der Waals surface area contributed by atoms with Crippen molar-refractivity contribution in [2.24, 2.45) is 0 Å². The van der Waals surface area contributed by atoms with Crippen molar-refractivity contribution >= 4 is 5.91 Å².